The summed E-state index contributed by atoms with van der Waals surface area (Å²) in [7, 11) is 0. The van der Waals surface area contributed by atoms with Crippen molar-refractivity contribution in [2.24, 2.45) is 11.8 Å². The Balaban J connectivity index is 1.68. The molecule has 2 aliphatic rings. The molecule has 1 aliphatic heterocycles. The Kier molecular flexibility index (Phi) is 4.75. The van der Waals surface area contributed by atoms with Gasteiger partial charge in [0.2, 0.25) is 0 Å². The van der Waals surface area contributed by atoms with Crippen LogP contribution >= 0.6 is 0 Å². The van der Waals surface area contributed by atoms with Gasteiger partial charge in [-0.25, -0.2) is 0 Å². The van der Waals surface area contributed by atoms with Crippen molar-refractivity contribution in [1.29, 1.82) is 0 Å². The fourth-order valence-corrected chi connectivity index (χ4v) is 4.08. The molecule has 0 amide bonds. The molecule has 1 saturated heterocycles. The van der Waals surface area contributed by atoms with Gasteiger partial charge >= 0.3 is 0 Å². The second-order valence-corrected chi connectivity index (χ2v) is 7.01. The first kappa shape index (κ1) is 15.5. The van der Waals surface area contributed by atoms with Crippen LogP contribution < -0.4 is 5.32 Å². The van der Waals surface area contributed by atoms with Crippen molar-refractivity contribution in [1.82, 2.24) is 4.90 Å². The van der Waals surface area contributed by atoms with Crippen LogP contribution in [-0.4, -0.2) is 17.6 Å². The van der Waals surface area contributed by atoms with E-state index in [4.69, 9.17) is 0 Å². The summed E-state index contributed by atoms with van der Waals surface area (Å²) in [6.45, 7) is 9.70. The van der Waals surface area contributed by atoms with Crippen LogP contribution in [0.3, 0.4) is 0 Å². The number of likely N-dealkylation sites (tertiary alicyclic amines) is 1. The Labute approximate surface area is 135 Å². The molecule has 1 unspecified atom stereocenters. The van der Waals surface area contributed by atoms with E-state index in [-0.39, 0.29) is 0 Å². The van der Waals surface area contributed by atoms with Gasteiger partial charge in [0.15, 0.2) is 0 Å². The minimum absolute atomic E-state index is 0.402. The van der Waals surface area contributed by atoms with E-state index in [0.29, 0.717) is 6.17 Å². The number of nitrogens with zero attached hydrogens (tertiary/aromatic N) is 1. The van der Waals surface area contributed by atoms with Gasteiger partial charge in [-0.15, -0.1) is 0 Å². The average molecular weight is 298 g/mol. The molecule has 1 saturated carbocycles. The Bertz CT molecular complexity index is 518. The third-order valence-corrected chi connectivity index (χ3v) is 5.86. The van der Waals surface area contributed by atoms with Gasteiger partial charge < -0.3 is 10.2 Å². The van der Waals surface area contributed by atoms with E-state index in [2.05, 4.69) is 48.8 Å². The largest absolute Gasteiger partial charge is 0.365 e. The first-order valence-corrected chi connectivity index (χ1v) is 8.96. The van der Waals surface area contributed by atoms with Crippen LogP contribution in [0.2, 0.25) is 0 Å². The third kappa shape index (κ3) is 3.02. The molecule has 22 heavy (non-hydrogen) atoms. The molecule has 1 aromatic rings. The van der Waals surface area contributed by atoms with E-state index in [0.717, 1.165) is 18.3 Å². The van der Waals surface area contributed by atoms with Crippen LogP contribution in [0, 0.1) is 18.8 Å². The van der Waals surface area contributed by atoms with E-state index in [1.807, 2.05) is 6.20 Å². The van der Waals surface area contributed by atoms with Crippen LogP contribution in [0.4, 0.5) is 5.69 Å². The maximum absolute atomic E-state index is 4.06. The minimum atomic E-state index is 0.402. The predicted octanol–water partition coefficient (Wildman–Crippen LogP) is 4.95. The molecule has 0 radical (unpaired) electrons. The Morgan fingerprint density at radius 1 is 1.23 bits per heavy atom. The number of benzene rings is 1. The Hall–Kier alpha value is -1.44. The molecule has 2 nitrogen and oxygen atoms in total. The maximum atomic E-state index is 4.06. The number of piperidine rings is 1. The lowest BCUT2D eigenvalue weighted by atomic mass is 9.72. The van der Waals surface area contributed by atoms with E-state index < -0.39 is 0 Å². The van der Waals surface area contributed by atoms with Gasteiger partial charge in [0.1, 0.15) is 0 Å². The summed E-state index contributed by atoms with van der Waals surface area (Å²) in [5.41, 5.74) is 4.13. The lowest BCUT2D eigenvalue weighted by Crippen LogP contribution is -2.46. The molecule has 2 atom stereocenters. The van der Waals surface area contributed by atoms with Crippen molar-refractivity contribution in [3.63, 3.8) is 0 Å². The molecule has 0 bridgehead atoms. The number of anilines is 1. The van der Waals surface area contributed by atoms with Crippen LogP contribution in [0.25, 0.3) is 0 Å². The number of hydrogen-bond acceptors (Lipinski definition) is 2. The Morgan fingerprint density at radius 3 is 2.68 bits per heavy atom. The molecule has 1 aliphatic carbocycles. The van der Waals surface area contributed by atoms with Crippen molar-refractivity contribution in [3.8, 4) is 0 Å². The molecule has 1 aromatic carbocycles. The van der Waals surface area contributed by atoms with Gasteiger partial charge in [0, 0.05) is 12.2 Å². The smallest absolute Gasteiger partial charge is 0.0984 e. The zero-order valence-corrected chi connectivity index (χ0v) is 14.1. The van der Waals surface area contributed by atoms with Gasteiger partial charge in [-0.3, -0.25) is 0 Å². The lowest BCUT2D eigenvalue weighted by Gasteiger charge is -2.45. The third-order valence-electron chi connectivity index (χ3n) is 5.86. The highest BCUT2D eigenvalue weighted by molar-refractivity contribution is 5.54. The topological polar surface area (TPSA) is 15.3 Å². The minimum Gasteiger partial charge on any atom is -0.365 e. The normalized spacial score (nSPS) is 25.6. The van der Waals surface area contributed by atoms with Gasteiger partial charge in [0.05, 0.1) is 6.17 Å². The van der Waals surface area contributed by atoms with Crippen LogP contribution in [0.1, 0.15) is 50.2 Å². The monoisotopic (exact) mass is 298 g/mol. The van der Waals surface area contributed by atoms with Crippen LogP contribution in [0.5, 0.6) is 0 Å². The number of nitrogens with one attached hydrogen (secondary N) is 1. The number of rotatable bonds is 5. The second kappa shape index (κ2) is 6.76. The standard InChI is InChI=1S/C20H30N2/c1-4-16-8-7-11-19(15(16)3)21-20-13-12-18(14-22(20)5-2)17-9-6-10-17/h5,7-8,11,17-18,20-21H,2,4,6,9-10,12-14H2,1,3H3/t18-,20?/m1/s1. The molecule has 120 valence electrons. The Morgan fingerprint density at radius 2 is 2.05 bits per heavy atom. The highest BCUT2D eigenvalue weighted by Gasteiger charge is 2.33. The summed E-state index contributed by atoms with van der Waals surface area (Å²) in [5, 5.41) is 3.78. The molecule has 2 fully saturated rings. The van der Waals surface area contributed by atoms with Gasteiger partial charge in [-0.1, -0.05) is 44.9 Å². The molecule has 0 spiro atoms. The van der Waals surface area contributed by atoms with Crippen molar-refractivity contribution < 1.29 is 0 Å². The molecular weight excluding hydrogens is 268 g/mol. The van der Waals surface area contributed by atoms with Crippen LogP contribution in [-0.2, 0) is 6.42 Å². The summed E-state index contributed by atoms with van der Waals surface area (Å²) in [6, 6.07) is 6.62. The molecule has 1 N–H and O–H groups in total. The van der Waals surface area contributed by atoms with E-state index in [1.54, 1.807) is 0 Å². The summed E-state index contributed by atoms with van der Waals surface area (Å²) in [6.07, 6.45) is 10.5. The lowest BCUT2D eigenvalue weighted by molar-refractivity contribution is 0.0967. The first-order chi connectivity index (χ1) is 10.7. The van der Waals surface area contributed by atoms with E-state index >= 15 is 0 Å². The van der Waals surface area contributed by atoms with E-state index in [1.165, 1.54) is 55.5 Å². The fraction of sp³-hybridized carbons (Fsp3) is 0.600. The highest BCUT2D eigenvalue weighted by Crippen LogP contribution is 2.39. The molecule has 0 aromatic heterocycles. The zero-order valence-electron chi connectivity index (χ0n) is 14.1. The first-order valence-electron chi connectivity index (χ1n) is 8.96. The quantitative estimate of drug-likeness (QED) is 0.827. The highest BCUT2D eigenvalue weighted by atomic mass is 15.3. The second-order valence-electron chi connectivity index (χ2n) is 7.01. The number of aryl methyl sites for hydroxylation is 1. The summed E-state index contributed by atoms with van der Waals surface area (Å²) in [5.74, 6) is 1.86. The molecular formula is C20H30N2. The van der Waals surface area contributed by atoms with Crippen molar-refractivity contribution in [3.05, 3.63) is 42.1 Å². The van der Waals surface area contributed by atoms with Crippen molar-refractivity contribution in [2.45, 2.75) is 58.5 Å². The summed E-state index contributed by atoms with van der Waals surface area (Å²) < 4.78 is 0. The average Bonchev–Trinajstić information content (AvgIpc) is 2.49. The molecule has 2 heteroatoms. The summed E-state index contributed by atoms with van der Waals surface area (Å²) in [4.78, 5) is 2.44. The van der Waals surface area contributed by atoms with Crippen molar-refractivity contribution in [2.75, 3.05) is 11.9 Å². The summed E-state index contributed by atoms with van der Waals surface area (Å²) >= 11 is 0. The van der Waals surface area contributed by atoms with Crippen molar-refractivity contribution >= 4 is 5.69 Å². The fourth-order valence-electron chi connectivity index (χ4n) is 4.08. The predicted molar refractivity (Wildman–Crippen MR) is 94.9 cm³/mol. The number of hydrogen-bond donors (Lipinski definition) is 1. The van der Waals surface area contributed by atoms with Crippen LogP contribution in [0.15, 0.2) is 31.0 Å². The van der Waals surface area contributed by atoms with Gasteiger partial charge in [-0.05, 0) is 61.4 Å². The van der Waals surface area contributed by atoms with E-state index in [9.17, 15) is 0 Å². The molecule has 1 heterocycles. The van der Waals surface area contributed by atoms with Gasteiger partial charge in [-0.2, -0.15) is 0 Å². The van der Waals surface area contributed by atoms with Gasteiger partial charge in [0.25, 0.3) is 0 Å². The maximum Gasteiger partial charge on any atom is 0.0984 e. The molecule has 3 rings (SSSR count). The SMILES string of the molecule is C=CN1C[C@H](C2CCC2)CCC1Nc1cccc(CC)c1C. The zero-order chi connectivity index (χ0) is 15.5.